The van der Waals surface area contributed by atoms with Crippen molar-refractivity contribution in [1.82, 2.24) is 20.4 Å². The number of nitrogens with zero attached hydrogens (tertiary/aromatic N) is 2. The Morgan fingerprint density at radius 2 is 1.82 bits per heavy atom. The molecule has 38 heavy (non-hydrogen) atoms. The number of alkyl halides is 1. The first kappa shape index (κ1) is 25.8. The maximum atomic E-state index is 15.9. The van der Waals surface area contributed by atoms with Gasteiger partial charge in [-0.1, -0.05) is 6.07 Å². The minimum absolute atomic E-state index is 0.0444. The average Bonchev–Trinajstić information content (AvgIpc) is 3.22. The molecular weight excluding hydrogens is 494 g/mol. The van der Waals surface area contributed by atoms with E-state index >= 15 is 8.78 Å². The number of fused-ring (bicyclic) bond motifs is 1. The van der Waals surface area contributed by atoms with E-state index in [1.807, 2.05) is 0 Å². The number of halogens is 2. The molecule has 4 fully saturated rings. The minimum Gasteiger partial charge on any atom is -0.375 e. The van der Waals surface area contributed by atoms with Crippen LogP contribution in [0.4, 0.5) is 8.78 Å². The van der Waals surface area contributed by atoms with Crippen molar-refractivity contribution in [3.63, 3.8) is 0 Å². The molecule has 1 aromatic rings. The Kier molecular flexibility index (Phi) is 6.98. The summed E-state index contributed by atoms with van der Waals surface area (Å²) >= 11 is 0. The van der Waals surface area contributed by atoms with Crippen molar-refractivity contribution < 1.29 is 27.9 Å². The van der Waals surface area contributed by atoms with Crippen LogP contribution in [0.15, 0.2) is 6.07 Å². The number of benzene rings is 1. The van der Waals surface area contributed by atoms with E-state index in [1.165, 1.54) is 4.90 Å². The summed E-state index contributed by atoms with van der Waals surface area (Å²) in [6, 6.07) is 1.13. The number of rotatable bonds is 5. The predicted octanol–water partition coefficient (Wildman–Crippen LogP) is 2.32. The summed E-state index contributed by atoms with van der Waals surface area (Å²) in [7, 11) is 0. The van der Waals surface area contributed by atoms with Gasteiger partial charge in [-0.3, -0.25) is 24.6 Å². The Morgan fingerprint density at radius 1 is 1.05 bits per heavy atom. The zero-order valence-corrected chi connectivity index (χ0v) is 21.8. The van der Waals surface area contributed by atoms with Crippen molar-refractivity contribution in [2.75, 3.05) is 26.2 Å². The third kappa shape index (κ3) is 4.64. The van der Waals surface area contributed by atoms with Gasteiger partial charge < -0.3 is 15.0 Å². The van der Waals surface area contributed by atoms with Crippen LogP contribution in [0.1, 0.15) is 77.9 Å². The summed E-state index contributed by atoms with van der Waals surface area (Å²) in [6.45, 7) is 4.67. The normalized spacial score (nSPS) is 32.8. The summed E-state index contributed by atoms with van der Waals surface area (Å²) in [5.74, 6) is -2.41. The van der Waals surface area contributed by atoms with Crippen molar-refractivity contribution in [2.24, 2.45) is 0 Å². The molecule has 10 heteroatoms. The minimum atomic E-state index is -1.21. The molecule has 1 aliphatic carbocycles. The Morgan fingerprint density at radius 3 is 2.53 bits per heavy atom. The third-order valence-corrected chi connectivity index (χ3v) is 9.21. The largest absolute Gasteiger partial charge is 0.375 e. The molecule has 4 heterocycles. The van der Waals surface area contributed by atoms with Gasteiger partial charge in [0.2, 0.25) is 11.8 Å². The van der Waals surface area contributed by atoms with E-state index < -0.39 is 35.8 Å². The van der Waals surface area contributed by atoms with Crippen LogP contribution in [0.2, 0.25) is 0 Å². The van der Waals surface area contributed by atoms with E-state index in [1.54, 1.807) is 13.0 Å². The van der Waals surface area contributed by atoms with Crippen LogP contribution in [0.3, 0.4) is 0 Å². The predicted molar refractivity (Wildman–Crippen MR) is 135 cm³/mol. The fourth-order valence-corrected chi connectivity index (χ4v) is 6.98. The van der Waals surface area contributed by atoms with Crippen LogP contribution < -0.4 is 10.6 Å². The maximum Gasteiger partial charge on any atom is 0.255 e. The van der Waals surface area contributed by atoms with Crippen LogP contribution in [0.5, 0.6) is 0 Å². The van der Waals surface area contributed by atoms with E-state index in [4.69, 9.17) is 4.74 Å². The van der Waals surface area contributed by atoms with Gasteiger partial charge in [-0.15, -0.1) is 0 Å². The van der Waals surface area contributed by atoms with Gasteiger partial charge in [0, 0.05) is 30.5 Å². The molecule has 206 valence electrons. The molecule has 2 N–H and O–H groups in total. The number of hydrogen-bond donors (Lipinski definition) is 2. The van der Waals surface area contributed by atoms with E-state index in [0.717, 1.165) is 38.8 Å². The van der Waals surface area contributed by atoms with Gasteiger partial charge in [-0.05, 0) is 76.2 Å². The van der Waals surface area contributed by atoms with Crippen LogP contribution >= 0.6 is 0 Å². The van der Waals surface area contributed by atoms with Crippen LogP contribution in [0.25, 0.3) is 0 Å². The van der Waals surface area contributed by atoms with Crippen molar-refractivity contribution in [3.05, 3.63) is 34.1 Å². The molecule has 1 aromatic carbocycles. The maximum absolute atomic E-state index is 15.9. The molecule has 1 saturated carbocycles. The molecule has 3 atom stereocenters. The molecule has 3 saturated heterocycles. The summed E-state index contributed by atoms with van der Waals surface area (Å²) in [4.78, 5) is 40.6. The molecular formula is C28H36F2N4O4. The summed E-state index contributed by atoms with van der Waals surface area (Å²) in [5.41, 5.74) is 1.43. The standard InChI is InChI=1S/C28H36F2N4O4/c1-15-10-20(26(30)21-13-34(28(37)25(15)21)23-2-3-24(35)32-27(23)36)19-6-9-33(14-22(19)29)16-11-18(12-16)38-17-4-7-31-8-5-17/h10,16-19,22-23,31H,2-9,11-14H2,1H3,(H,32,35,36)/t16-,18-,19-,22-,23-/m0/s1. The van der Waals surface area contributed by atoms with Gasteiger partial charge >= 0.3 is 0 Å². The number of imide groups is 1. The second-order valence-electron chi connectivity index (χ2n) is 11.6. The summed E-state index contributed by atoms with van der Waals surface area (Å²) in [6.07, 6.45) is 4.17. The molecule has 3 amide bonds. The fraction of sp³-hybridized carbons (Fsp3) is 0.679. The SMILES string of the molecule is Cc1cc([C@@H]2CCN([C@H]3C[C@H](OC4CCNCC4)C3)C[C@@H]2F)c(F)c2c1C(=O)N([C@H]1CCC(=O)NC1=O)C2. The molecule has 0 radical (unpaired) electrons. The molecule has 0 spiro atoms. The number of ether oxygens (including phenoxy) is 1. The van der Waals surface area contributed by atoms with Gasteiger partial charge in [-0.25, -0.2) is 8.78 Å². The van der Waals surface area contributed by atoms with Gasteiger partial charge in [0.25, 0.3) is 5.91 Å². The number of carbonyl (C=O) groups excluding carboxylic acids is 3. The summed E-state index contributed by atoms with van der Waals surface area (Å²) in [5, 5.41) is 5.61. The van der Waals surface area contributed by atoms with E-state index in [-0.39, 0.29) is 49.1 Å². The van der Waals surface area contributed by atoms with Gasteiger partial charge in [0.05, 0.1) is 24.3 Å². The zero-order valence-electron chi connectivity index (χ0n) is 21.8. The van der Waals surface area contributed by atoms with Gasteiger partial charge in [0.15, 0.2) is 0 Å². The first-order chi connectivity index (χ1) is 18.3. The smallest absolute Gasteiger partial charge is 0.255 e. The topological polar surface area (TPSA) is 91.0 Å². The van der Waals surface area contributed by atoms with Crippen molar-refractivity contribution in [1.29, 1.82) is 0 Å². The summed E-state index contributed by atoms with van der Waals surface area (Å²) < 4.78 is 37.6. The van der Waals surface area contributed by atoms with Crippen LogP contribution in [0, 0.1) is 12.7 Å². The molecule has 8 nitrogen and oxygen atoms in total. The highest BCUT2D eigenvalue weighted by atomic mass is 19.1. The lowest BCUT2D eigenvalue weighted by Crippen LogP contribution is -2.54. The quantitative estimate of drug-likeness (QED) is 0.568. The monoisotopic (exact) mass is 530 g/mol. The Balaban J connectivity index is 1.10. The molecule has 6 rings (SSSR count). The van der Waals surface area contributed by atoms with Crippen LogP contribution in [-0.4, -0.2) is 84.2 Å². The molecule has 5 aliphatic rings. The lowest BCUT2D eigenvalue weighted by molar-refractivity contribution is -0.136. The van der Waals surface area contributed by atoms with E-state index in [9.17, 15) is 14.4 Å². The van der Waals surface area contributed by atoms with Gasteiger partial charge in [-0.2, -0.15) is 0 Å². The molecule has 0 unspecified atom stereocenters. The number of likely N-dealkylation sites (tertiary alicyclic amines) is 1. The van der Waals surface area contributed by atoms with Gasteiger partial charge in [0.1, 0.15) is 18.0 Å². The van der Waals surface area contributed by atoms with E-state index in [2.05, 4.69) is 15.5 Å². The first-order valence-electron chi connectivity index (χ1n) is 14.0. The Bertz CT molecular complexity index is 1130. The van der Waals surface area contributed by atoms with Crippen molar-refractivity contribution in [2.45, 2.75) is 94.8 Å². The second-order valence-corrected chi connectivity index (χ2v) is 11.6. The zero-order chi connectivity index (χ0) is 26.6. The lowest BCUT2D eigenvalue weighted by Gasteiger charge is -2.47. The highest BCUT2D eigenvalue weighted by molar-refractivity contribution is 6.06. The Hall–Kier alpha value is -2.43. The van der Waals surface area contributed by atoms with Crippen LogP contribution in [-0.2, 0) is 20.9 Å². The third-order valence-electron chi connectivity index (χ3n) is 9.21. The average molecular weight is 531 g/mol. The fourth-order valence-electron chi connectivity index (χ4n) is 6.98. The number of hydrogen-bond acceptors (Lipinski definition) is 6. The number of carbonyl (C=O) groups is 3. The number of aryl methyl sites for hydroxylation is 1. The second kappa shape index (κ2) is 10.3. The highest BCUT2D eigenvalue weighted by Gasteiger charge is 2.44. The van der Waals surface area contributed by atoms with Crippen molar-refractivity contribution >= 4 is 17.7 Å². The molecule has 0 aromatic heterocycles. The first-order valence-corrected chi connectivity index (χ1v) is 14.0. The highest BCUT2D eigenvalue weighted by Crippen LogP contribution is 2.41. The van der Waals surface area contributed by atoms with E-state index in [0.29, 0.717) is 36.2 Å². The Labute approximate surface area is 221 Å². The number of amides is 3. The van der Waals surface area contributed by atoms with Crippen molar-refractivity contribution in [3.8, 4) is 0 Å². The lowest BCUT2D eigenvalue weighted by atomic mass is 9.81. The number of piperidine rings is 3. The number of nitrogens with one attached hydrogen (secondary N) is 2. The molecule has 4 aliphatic heterocycles. The molecule has 0 bridgehead atoms.